The van der Waals surface area contributed by atoms with Gasteiger partial charge in [-0.25, -0.2) is 0 Å². The molecule has 2 unspecified atom stereocenters. The molecule has 0 bridgehead atoms. The third kappa shape index (κ3) is 5.24. The van der Waals surface area contributed by atoms with Crippen LogP contribution in [-0.4, -0.2) is 33.6 Å². The van der Waals surface area contributed by atoms with E-state index in [0.29, 0.717) is 6.10 Å². The molecule has 1 fully saturated rings. The van der Waals surface area contributed by atoms with E-state index in [1.807, 2.05) is 0 Å². The van der Waals surface area contributed by atoms with Crippen molar-refractivity contribution in [2.45, 2.75) is 65.0 Å². The van der Waals surface area contributed by atoms with Crippen LogP contribution in [-0.2, 0) is 4.74 Å². The maximum Gasteiger partial charge on any atom is 0.0889 e. The first kappa shape index (κ1) is 12.9. The first-order chi connectivity index (χ1) is 5.57. The van der Waals surface area contributed by atoms with Gasteiger partial charge in [0.2, 0.25) is 0 Å². The Bertz CT molecular complexity index is 156. The number of aliphatic hydroxyl groups is 2. The molecule has 0 aliphatic carbocycles. The summed E-state index contributed by atoms with van der Waals surface area (Å²) in [4.78, 5) is 0. The minimum atomic E-state index is -0.944. The molecule has 0 saturated carbocycles. The minimum absolute atomic E-state index is 0.208. The van der Waals surface area contributed by atoms with E-state index in [9.17, 15) is 0 Å². The van der Waals surface area contributed by atoms with Gasteiger partial charge in [-0.05, 0) is 41.5 Å². The minimum Gasteiger partial charge on any atom is -0.390 e. The molecule has 1 saturated heterocycles. The fourth-order valence-electron chi connectivity index (χ4n) is 0.422. The highest BCUT2D eigenvalue weighted by molar-refractivity contribution is 4.90. The second-order valence-corrected chi connectivity index (χ2v) is 4.69. The van der Waals surface area contributed by atoms with Crippen molar-refractivity contribution in [2.24, 2.45) is 0 Å². The maximum atomic E-state index is 8.84. The summed E-state index contributed by atoms with van der Waals surface area (Å²) in [6.45, 7) is 11.0. The zero-order chi connectivity index (χ0) is 10.9. The Kier molecular flexibility index (Phi) is 3.91. The molecule has 80 valence electrons. The smallest absolute Gasteiger partial charge is 0.0889 e. The number of aliphatic hydroxyl groups excluding tert-OH is 1. The highest BCUT2D eigenvalue weighted by Gasteiger charge is 2.43. The van der Waals surface area contributed by atoms with Gasteiger partial charge in [-0.3, -0.25) is 0 Å². The highest BCUT2D eigenvalue weighted by Crippen LogP contribution is 2.33. The van der Waals surface area contributed by atoms with E-state index >= 15 is 0 Å². The topological polar surface area (TPSA) is 53.0 Å². The standard InChI is InChI=1S/C5H12O2.C5H10O/c1-4(6)5(2,3)7;1-4-5(2,3)6-4/h4,6-7H,1-3H3;4H,1-3H3. The maximum absolute atomic E-state index is 8.84. The molecule has 1 aliphatic rings. The average molecular weight is 190 g/mol. The molecular weight excluding hydrogens is 168 g/mol. The Morgan fingerprint density at radius 1 is 1.38 bits per heavy atom. The van der Waals surface area contributed by atoms with Gasteiger partial charge in [0, 0.05) is 0 Å². The summed E-state index contributed by atoms with van der Waals surface area (Å²) in [5, 5.41) is 17.5. The van der Waals surface area contributed by atoms with Crippen LogP contribution in [0.4, 0.5) is 0 Å². The Morgan fingerprint density at radius 3 is 1.54 bits per heavy atom. The Labute approximate surface area is 80.7 Å². The lowest BCUT2D eigenvalue weighted by Crippen LogP contribution is -2.32. The molecule has 3 nitrogen and oxygen atoms in total. The molecule has 0 amide bonds. The molecule has 0 radical (unpaired) electrons. The van der Waals surface area contributed by atoms with Gasteiger partial charge in [0.25, 0.3) is 0 Å². The molecule has 0 aromatic rings. The van der Waals surface area contributed by atoms with Crippen LogP contribution in [0.2, 0.25) is 0 Å². The highest BCUT2D eigenvalue weighted by atomic mass is 16.6. The van der Waals surface area contributed by atoms with E-state index in [2.05, 4.69) is 20.8 Å². The van der Waals surface area contributed by atoms with Crippen LogP contribution in [0.1, 0.15) is 41.5 Å². The SMILES string of the molecule is CC(O)C(C)(C)O.CC1OC1(C)C. The van der Waals surface area contributed by atoms with Gasteiger partial charge in [0.1, 0.15) is 0 Å². The van der Waals surface area contributed by atoms with Crippen molar-refractivity contribution < 1.29 is 14.9 Å². The lowest BCUT2D eigenvalue weighted by molar-refractivity contribution is -0.0375. The molecule has 2 N–H and O–H groups in total. The van der Waals surface area contributed by atoms with Gasteiger partial charge in [-0.1, -0.05) is 0 Å². The van der Waals surface area contributed by atoms with Crippen LogP contribution >= 0.6 is 0 Å². The van der Waals surface area contributed by atoms with Crippen LogP contribution in [0.15, 0.2) is 0 Å². The van der Waals surface area contributed by atoms with E-state index in [-0.39, 0.29) is 5.60 Å². The fraction of sp³-hybridized carbons (Fsp3) is 1.00. The zero-order valence-electron chi connectivity index (χ0n) is 9.46. The molecule has 0 spiro atoms. The Balaban J connectivity index is 0.000000223. The van der Waals surface area contributed by atoms with Crippen molar-refractivity contribution in [2.75, 3.05) is 0 Å². The summed E-state index contributed by atoms with van der Waals surface area (Å²) in [6.07, 6.45) is -0.148. The number of ether oxygens (including phenoxy) is 1. The number of hydrogen-bond acceptors (Lipinski definition) is 3. The lowest BCUT2D eigenvalue weighted by atomic mass is 10.0. The summed E-state index contributed by atoms with van der Waals surface area (Å²) in [5.74, 6) is 0. The molecule has 0 aromatic carbocycles. The number of epoxide rings is 1. The average Bonchev–Trinajstić information content (AvgIpc) is 2.35. The van der Waals surface area contributed by atoms with E-state index in [0.717, 1.165) is 0 Å². The van der Waals surface area contributed by atoms with Gasteiger partial charge >= 0.3 is 0 Å². The van der Waals surface area contributed by atoms with Gasteiger partial charge in [0.05, 0.1) is 23.4 Å². The molecule has 1 rings (SSSR count). The molecule has 13 heavy (non-hydrogen) atoms. The van der Waals surface area contributed by atoms with Crippen LogP contribution < -0.4 is 0 Å². The van der Waals surface area contributed by atoms with Crippen molar-refractivity contribution >= 4 is 0 Å². The summed E-state index contributed by atoms with van der Waals surface area (Å²) < 4.78 is 5.10. The summed E-state index contributed by atoms with van der Waals surface area (Å²) in [5.41, 5.74) is -0.736. The molecule has 0 aromatic heterocycles. The zero-order valence-corrected chi connectivity index (χ0v) is 9.46. The van der Waals surface area contributed by atoms with Gasteiger partial charge in [-0.15, -0.1) is 0 Å². The van der Waals surface area contributed by atoms with Gasteiger partial charge < -0.3 is 14.9 Å². The fourth-order valence-corrected chi connectivity index (χ4v) is 0.422. The van der Waals surface area contributed by atoms with Crippen molar-refractivity contribution in [3.8, 4) is 0 Å². The monoisotopic (exact) mass is 190 g/mol. The van der Waals surface area contributed by atoms with E-state index in [1.165, 1.54) is 0 Å². The van der Waals surface area contributed by atoms with Crippen LogP contribution in [0.25, 0.3) is 0 Å². The predicted octanol–water partition coefficient (Wildman–Crippen LogP) is 1.32. The predicted molar refractivity (Wildman–Crippen MR) is 52.6 cm³/mol. The third-order valence-electron chi connectivity index (χ3n) is 2.42. The van der Waals surface area contributed by atoms with Gasteiger partial charge in [0.15, 0.2) is 0 Å². The first-order valence-electron chi connectivity index (χ1n) is 4.65. The van der Waals surface area contributed by atoms with Crippen molar-refractivity contribution in [3.63, 3.8) is 0 Å². The largest absolute Gasteiger partial charge is 0.390 e. The van der Waals surface area contributed by atoms with E-state index in [4.69, 9.17) is 14.9 Å². The Hall–Kier alpha value is -0.120. The second-order valence-electron chi connectivity index (χ2n) is 4.69. The summed E-state index contributed by atoms with van der Waals surface area (Å²) in [6, 6.07) is 0. The van der Waals surface area contributed by atoms with Crippen LogP contribution in [0.5, 0.6) is 0 Å². The second kappa shape index (κ2) is 3.95. The van der Waals surface area contributed by atoms with Crippen molar-refractivity contribution in [1.29, 1.82) is 0 Å². The van der Waals surface area contributed by atoms with E-state index in [1.54, 1.807) is 20.8 Å². The molecule has 1 heterocycles. The normalized spacial score (nSPS) is 27.2. The lowest BCUT2D eigenvalue weighted by Gasteiger charge is -2.19. The molecule has 3 heteroatoms. The van der Waals surface area contributed by atoms with E-state index < -0.39 is 11.7 Å². The number of hydrogen-bond donors (Lipinski definition) is 2. The number of rotatable bonds is 1. The third-order valence-corrected chi connectivity index (χ3v) is 2.42. The summed E-state index contributed by atoms with van der Waals surface area (Å²) >= 11 is 0. The van der Waals surface area contributed by atoms with Crippen LogP contribution in [0.3, 0.4) is 0 Å². The van der Waals surface area contributed by atoms with Crippen LogP contribution in [0, 0.1) is 0 Å². The van der Waals surface area contributed by atoms with Crippen molar-refractivity contribution in [3.05, 3.63) is 0 Å². The quantitative estimate of drug-likeness (QED) is 0.613. The molecule has 2 atom stereocenters. The molecule has 1 aliphatic heterocycles. The van der Waals surface area contributed by atoms with Gasteiger partial charge in [-0.2, -0.15) is 0 Å². The molecular formula is C10H22O3. The van der Waals surface area contributed by atoms with Crippen molar-refractivity contribution in [1.82, 2.24) is 0 Å². The summed E-state index contributed by atoms with van der Waals surface area (Å²) in [7, 11) is 0. The first-order valence-corrected chi connectivity index (χ1v) is 4.65. The Morgan fingerprint density at radius 2 is 1.54 bits per heavy atom.